The van der Waals surface area contributed by atoms with Gasteiger partial charge in [0.15, 0.2) is 0 Å². The Morgan fingerprint density at radius 1 is 1.07 bits per heavy atom. The number of hydrogen-bond acceptors (Lipinski definition) is 3. The molecule has 0 spiro atoms. The van der Waals surface area contributed by atoms with E-state index in [2.05, 4.69) is 47.7 Å². The average molecular weight is 399 g/mol. The van der Waals surface area contributed by atoms with Crippen LogP contribution in [0.1, 0.15) is 68.4 Å². The fraction of sp³-hybridized carbons (Fsp3) is 0.583. The molecule has 1 fully saturated rings. The summed E-state index contributed by atoms with van der Waals surface area (Å²) < 4.78 is 6.87. The first-order chi connectivity index (χ1) is 14.0. The Morgan fingerprint density at radius 2 is 1.76 bits per heavy atom. The Balaban J connectivity index is 1.44. The molecule has 0 unspecified atom stereocenters. The second-order valence-electron chi connectivity index (χ2n) is 8.36. The van der Waals surface area contributed by atoms with Crippen LogP contribution in [-0.4, -0.2) is 41.5 Å². The number of likely N-dealkylation sites (tertiary alicyclic amines) is 1. The van der Waals surface area contributed by atoms with E-state index in [1.165, 1.54) is 29.1 Å². The van der Waals surface area contributed by atoms with Crippen molar-refractivity contribution in [2.45, 2.75) is 64.2 Å². The van der Waals surface area contributed by atoms with Gasteiger partial charge in [-0.1, -0.05) is 24.5 Å². The highest BCUT2D eigenvalue weighted by Crippen LogP contribution is 2.34. The minimum atomic E-state index is -0.148. The van der Waals surface area contributed by atoms with Gasteiger partial charge in [-0.2, -0.15) is 0 Å². The molecule has 1 aromatic carbocycles. The zero-order chi connectivity index (χ0) is 20.8. The highest BCUT2D eigenvalue weighted by Gasteiger charge is 2.25. The summed E-state index contributed by atoms with van der Waals surface area (Å²) in [5.74, 6) is 0.665. The lowest BCUT2D eigenvalue weighted by atomic mass is 9.88. The van der Waals surface area contributed by atoms with Gasteiger partial charge in [-0.25, -0.2) is 0 Å². The highest BCUT2D eigenvalue weighted by molar-refractivity contribution is 5.85. The van der Waals surface area contributed by atoms with Gasteiger partial charge in [0.05, 0.1) is 7.11 Å². The summed E-state index contributed by atoms with van der Waals surface area (Å²) in [5, 5.41) is 1.37. The first-order valence-electron chi connectivity index (χ1n) is 10.9. The number of benzene rings is 1. The number of fused-ring (bicyclic) bond motifs is 1. The van der Waals surface area contributed by atoms with Crippen molar-refractivity contribution < 1.29 is 14.3 Å². The van der Waals surface area contributed by atoms with Crippen molar-refractivity contribution in [3.8, 4) is 0 Å². The van der Waals surface area contributed by atoms with Crippen LogP contribution in [0.3, 0.4) is 0 Å². The minimum absolute atomic E-state index is 0.148. The van der Waals surface area contributed by atoms with Crippen molar-refractivity contribution in [1.82, 2.24) is 9.47 Å². The van der Waals surface area contributed by atoms with E-state index in [1.54, 1.807) is 0 Å². The van der Waals surface area contributed by atoms with Crippen LogP contribution >= 0.6 is 0 Å². The molecule has 3 rings (SSSR count). The lowest BCUT2D eigenvalue weighted by Gasteiger charge is -2.32. The SMILES string of the molecule is COC(=O)CCCCCCC(=O)N1CCC(c2cn(C)c3ccc(C)cc23)CC1. The second kappa shape index (κ2) is 9.95. The third kappa shape index (κ3) is 5.40. The number of piperidine rings is 1. The molecule has 158 valence electrons. The van der Waals surface area contributed by atoms with E-state index in [0.717, 1.165) is 51.6 Å². The summed E-state index contributed by atoms with van der Waals surface area (Å²) in [5.41, 5.74) is 4.02. The zero-order valence-corrected chi connectivity index (χ0v) is 18.1. The maximum absolute atomic E-state index is 12.5. The molecule has 5 heteroatoms. The predicted molar refractivity (Wildman–Crippen MR) is 116 cm³/mol. The summed E-state index contributed by atoms with van der Waals surface area (Å²) in [7, 11) is 3.54. The van der Waals surface area contributed by atoms with Crippen LogP contribution in [0.25, 0.3) is 10.9 Å². The number of aryl methyl sites for hydroxylation is 2. The Hall–Kier alpha value is -2.30. The summed E-state index contributed by atoms with van der Waals surface area (Å²) in [4.78, 5) is 25.7. The Labute approximate surface area is 174 Å². The summed E-state index contributed by atoms with van der Waals surface area (Å²) in [6.07, 6.45) is 9.18. The van der Waals surface area contributed by atoms with Crippen molar-refractivity contribution in [3.05, 3.63) is 35.5 Å². The van der Waals surface area contributed by atoms with Gasteiger partial charge in [0, 0.05) is 50.1 Å². The molecule has 29 heavy (non-hydrogen) atoms. The largest absolute Gasteiger partial charge is 0.469 e. The van der Waals surface area contributed by atoms with Gasteiger partial charge in [0.25, 0.3) is 0 Å². The summed E-state index contributed by atoms with van der Waals surface area (Å²) >= 11 is 0. The number of unbranched alkanes of at least 4 members (excludes halogenated alkanes) is 3. The number of aromatic nitrogens is 1. The molecule has 1 amide bonds. The first kappa shape index (κ1) is 21.4. The zero-order valence-electron chi connectivity index (χ0n) is 18.1. The maximum atomic E-state index is 12.5. The molecule has 2 heterocycles. The fourth-order valence-corrected chi connectivity index (χ4v) is 4.46. The van der Waals surface area contributed by atoms with Gasteiger partial charge in [0.2, 0.25) is 5.91 Å². The van der Waals surface area contributed by atoms with Crippen LogP contribution in [0.2, 0.25) is 0 Å². The molecule has 2 aromatic rings. The summed E-state index contributed by atoms with van der Waals surface area (Å²) in [6, 6.07) is 6.67. The van der Waals surface area contributed by atoms with E-state index in [9.17, 15) is 9.59 Å². The highest BCUT2D eigenvalue weighted by atomic mass is 16.5. The number of esters is 1. The molecule has 1 saturated heterocycles. The molecule has 0 bridgehead atoms. The standard InChI is InChI=1S/C24H34N2O3/c1-18-10-11-22-20(16-18)21(17-25(22)2)19-12-14-26(15-13-19)23(27)8-6-4-5-7-9-24(28)29-3/h10-11,16-17,19H,4-9,12-15H2,1-3H3. The molecule has 0 saturated carbocycles. The van der Waals surface area contributed by atoms with Crippen molar-refractivity contribution in [2.75, 3.05) is 20.2 Å². The van der Waals surface area contributed by atoms with E-state index in [-0.39, 0.29) is 11.9 Å². The monoisotopic (exact) mass is 398 g/mol. The molecular weight excluding hydrogens is 364 g/mol. The lowest BCUT2D eigenvalue weighted by molar-refractivity contribution is -0.140. The third-order valence-corrected chi connectivity index (χ3v) is 6.21. The Morgan fingerprint density at radius 3 is 2.45 bits per heavy atom. The first-order valence-corrected chi connectivity index (χ1v) is 10.9. The third-order valence-electron chi connectivity index (χ3n) is 6.21. The average Bonchev–Trinajstić information content (AvgIpc) is 3.05. The van der Waals surface area contributed by atoms with E-state index >= 15 is 0 Å². The quantitative estimate of drug-likeness (QED) is 0.478. The summed E-state index contributed by atoms with van der Waals surface area (Å²) in [6.45, 7) is 3.86. The molecule has 0 radical (unpaired) electrons. The topological polar surface area (TPSA) is 51.5 Å². The molecule has 1 aromatic heterocycles. The molecular formula is C24H34N2O3. The predicted octanol–water partition coefficient (Wildman–Crippen LogP) is 4.71. The molecule has 0 atom stereocenters. The number of ether oxygens (including phenoxy) is 1. The molecule has 1 aliphatic rings. The number of methoxy groups -OCH3 is 1. The van der Waals surface area contributed by atoms with Crippen molar-refractivity contribution in [2.24, 2.45) is 7.05 Å². The van der Waals surface area contributed by atoms with Gasteiger partial charge >= 0.3 is 5.97 Å². The smallest absolute Gasteiger partial charge is 0.305 e. The van der Waals surface area contributed by atoms with E-state index < -0.39 is 0 Å². The number of carbonyl (C=O) groups is 2. The van der Waals surface area contributed by atoms with Gasteiger partial charge < -0.3 is 14.2 Å². The molecule has 5 nitrogen and oxygen atoms in total. The Bertz CT molecular complexity index is 847. The number of nitrogens with zero attached hydrogens (tertiary/aromatic N) is 2. The second-order valence-corrected chi connectivity index (χ2v) is 8.36. The number of carbonyl (C=O) groups excluding carboxylic acids is 2. The van der Waals surface area contributed by atoms with Gasteiger partial charge in [-0.05, 0) is 56.2 Å². The normalized spacial score (nSPS) is 15.1. The van der Waals surface area contributed by atoms with Crippen molar-refractivity contribution in [3.63, 3.8) is 0 Å². The lowest BCUT2D eigenvalue weighted by Crippen LogP contribution is -2.37. The molecule has 1 aliphatic heterocycles. The van der Waals surface area contributed by atoms with Crippen LogP contribution in [-0.2, 0) is 21.4 Å². The molecule has 0 aliphatic carbocycles. The van der Waals surface area contributed by atoms with Gasteiger partial charge in [0.1, 0.15) is 0 Å². The fourth-order valence-electron chi connectivity index (χ4n) is 4.46. The van der Waals surface area contributed by atoms with Gasteiger partial charge in [-0.15, -0.1) is 0 Å². The van der Waals surface area contributed by atoms with Gasteiger partial charge in [-0.3, -0.25) is 9.59 Å². The van der Waals surface area contributed by atoms with E-state index in [4.69, 9.17) is 0 Å². The van der Waals surface area contributed by atoms with Crippen molar-refractivity contribution in [1.29, 1.82) is 0 Å². The van der Waals surface area contributed by atoms with Crippen LogP contribution in [0, 0.1) is 6.92 Å². The number of rotatable bonds is 8. The van der Waals surface area contributed by atoms with Crippen molar-refractivity contribution >= 4 is 22.8 Å². The van der Waals surface area contributed by atoms with E-state index in [0.29, 0.717) is 18.8 Å². The number of amides is 1. The van der Waals surface area contributed by atoms with Crippen LogP contribution in [0.15, 0.2) is 24.4 Å². The Kier molecular flexibility index (Phi) is 7.34. The number of hydrogen-bond donors (Lipinski definition) is 0. The van der Waals surface area contributed by atoms with Crippen LogP contribution in [0.5, 0.6) is 0 Å². The molecule has 0 N–H and O–H groups in total. The maximum Gasteiger partial charge on any atom is 0.305 e. The van der Waals surface area contributed by atoms with Crippen LogP contribution < -0.4 is 0 Å². The van der Waals surface area contributed by atoms with E-state index in [1.807, 2.05) is 4.90 Å². The van der Waals surface area contributed by atoms with Crippen LogP contribution in [0.4, 0.5) is 0 Å². The minimum Gasteiger partial charge on any atom is -0.469 e.